The van der Waals surface area contributed by atoms with Crippen molar-refractivity contribution in [2.24, 2.45) is 5.92 Å². The Bertz CT molecular complexity index is 214. The topological polar surface area (TPSA) is 26.3 Å². The van der Waals surface area contributed by atoms with E-state index >= 15 is 0 Å². The lowest BCUT2D eigenvalue weighted by Crippen LogP contribution is -2.24. The van der Waals surface area contributed by atoms with Crippen molar-refractivity contribution in [2.75, 3.05) is 6.61 Å². The number of hydrogen-bond acceptors (Lipinski definition) is 2. The lowest BCUT2D eigenvalue weighted by Gasteiger charge is -2.17. The summed E-state index contributed by atoms with van der Waals surface area (Å²) in [4.78, 5) is 11.4. The highest BCUT2D eigenvalue weighted by Crippen LogP contribution is 2.28. The SMILES string of the molecule is CCCCCCC(CC(F)(F)F)C(=O)OCC. The molecular weight excluding hydrogens is 233 g/mol. The monoisotopic (exact) mass is 254 g/mol. The van der Waals surface area contributed by atoms with Gasteiger partial charge in [0.25, 0.3) is 0 Å². The second-order valence-corrected chi connectivity index (χ2v) is 4.12. The Hall–Kier alpha value is -0.740. The maximum atomic E-state index is 12.3. The van der Waals surface area contributed by atoms with Crippen molar-refractivity contribution < 1.29 is 22.7 Å². The second kappa shape index (κ2) is 8.37. The van der Waals surface area contributed by atoms with Gasteiger partial charge in [-0.15, -0.1) is 0 Å². The Morgan fingerprint density at radius 1 is 1.18 bits per heavy atom. The maximum Gasteiger partial charge on any atom is 0.389 e. The number of rotatable bonds is 8. The van der Waals surface area contributed by atoms with Gasteiger partial charge in [-0.1, -0.05) is 32.6 Å². The molecule has 0 saturated carbocycles. The van der Waals surface area contributed by atoms with Crippen LogP contribution in [0.15, 0.2) is 0 Å². The molecule has 0 aliphatic heterocycles. The zero-order valence-corrected chi connectivity index (χ0v) is 10.5. The lowest BCUT2D eigenvalue weighted by atomic mass is 9.97. The summed E-state index contributed by atoms with van der Waals surface area (Å²) in [5, 5.41) is 0. The van der Waals surface area contributed by atoms with Gasteiger partial charge in [0.1, 0.15) is 0 Å². The predicted octanol–water partition coefficient (Wildman–Crippen LogP) is 4.09. The van der Waals surface area contributed by atoms with Gasteiger partial charge in [-0.25, -0.2) is 0 Å². The largest absolute Gasteiger partial charge is 0.466 e. The van der Waals surface area contributed by atoms with Gasteiger partial charge in [0, 0.05) is 0 Å². The number of carbonyl (C=O) groups excluding carboxylic acids is 1. The third kappa shape index (κ3) is 9.01. The average molecular weight is 254 g/mol. The van der Waals surface area contributed by atoms with E-state index in [9.17, 15) is 18.0 Å². The van der Waals surface area contributed by atoms with Crippen LogP contribution in [0.2, 0.25) is 0 Å². The number of halogens is 3. The minimum absolute atomic E-state index is 0.127. The van der Waals surface area contributed by atoms with Gasteiger partial charge in [0.2, 0.25) is 0 Å². The first-order valence-electron chi connectivity index (χ1n) is 6.14. The summed E-state index contributed by atoms with van der Waals surface area (Å²) in [5.74, 6) is -1.76. The van der Waals surface area contributed by atoms with Crippen LogP contribution in [0.1, 0.15) is 52.4 Å². The normalized spacial score (nSPS) is 13.5. The Balaban J connectivity index is 4.16. The molecular formula is C12H21F3O2. The molecule has 102 valence electrons. The summed E-state index contributed by atoms with van der Waals surface area (Å²) in [5.41, 5.74) is 0. The molecule has 0 rings (SSSR count). The van der Waals surface area contributed by atoms with Gasteiger partial charge in [-0.05, 0) is 13.3 Å². The number of hydrogen-bond donors (Lipinski definition) is 0. The summed E-state index contributed by atoms with van der Waals surface area (Å²) in [7, 11) is 0. The molecule has 0 N–H and O–H groups in total. The molecule has 0 bridgehead atoms. The maximum absolute atomic E-state index is 12.3. The van der Waals surface area contributed by atoms with Crippen molar-refractivity contribution >= 4 is 5.97 Å². The molecule has 0 amide bonds. The molecule has 2 nitrogen and oxygen atoms in total. The number of carbonyl (C=O) groups is 1. The minimum Gasteiger partial charge on any atom is -0.466 e. The summed E-state index contributed by atoms with van der Waals surface area (Å²) in [6, 6.07) is 0. The van der Waals surface area contributed by atoms with E-state index in [2.05, 4.69) is 4.74 Å². The molecule has 0 aromatic heterocycles. The predicted molar refractivity (Wildman–Crippen MR) is 59.6 cm³/mol. The lowest BCUT2D eigenvalue weighted by molar-refractivity contribution is -0.168. The molecule has 0 saturated heterocycles. The molecule has 0 heterocycles. The molecule has 5 heteroatoms. The summed E-state index contributed by atoms with van der Waals surface area (Å²) in [6.45, 7) is 3.75. The minimum atomic E-state index is -4.30. The van der Waals surface area contributed by atoms with Gasteiger partial charge in [-0.3, -0.25) is 4.79 Å². The third-order valence-electron chi connectivity index (χ3n) is 2.50. The van der Waals surface area contributed by atoms with E-state index in [1.165, 1.54) is 0 Å². The van der Waals surface area contributed by atoms with Crippen LogP contribution in [0.3, 0.4) is 0 Å². The van der Waals surface area contributed by atoms with E-state index in [0.717, 1.165) is 19.3 Å². The smallest absolute Gasteiger partial charge is 0.389 e. The van der Waals surface area contributed by atoms with Crippen LogP contribution in [0.5, 0.6) is 0 Å². The zero-order valence-electron chi connectivity index (χ0n) is 10.5. The Morgan fingerprint density at radius 2 is 1.82 bits per heavy atom. The van der Waals surface area contributed by atoms with Crippen molar-refractivity contribution in [1.29, 1.82) is 0 Å². The van der Waals surface area contributed by atoms with Crippen LogP contribution in [-0.2, 0) is 9.53 Å². The number of unbranched alkanes of at least 4 members (excludes halogenated alkanes) is 3. The number of ether oxygens (including phenoxy) is 1. The van der Waals surface area contributed by atoms with Crippen molar-refractivity contribution in [3.63, 3.8) is 0 Å². The molecule has 1 atom stereocenters. The highest BCUT2D eigenvalue weighted by atomic mass is 19.4. The van der Waals surface area contributed by atoms with Crippen LogP contribution >= 0.6 is 0 Å². The van der Waals surface area contributed by atoms with E-state index < -0.39 is 24.5 Å². The fourth-order valence-electron chi connectivity index (χ4n) is 1.66. The van der Waals surface area contributed by atoms with Crippen LogP contribution in [0.25, 0.3) is 0 Å². The molecule has 0 aliphatic rings. The number of esters is 1. The highest BCUT2D eigenvalue weighted by molar-refractivity contribution is 5.72. The third-order valence-corrected chi connectivity index (χ3v) is 2.50. The fourth-order valence-corrected chi connectivity index (χ4v) is 1.66. The summed E-state index contributed by atoms with van der Waals surface area (Å²) >= 11 is 0. The van der Waals surface area contributed by atoms with Gasteiger partial charge in [0.15, 0.2) is 0 Å². The molecule has 1 unspecified atom stereocenters. The quantitative estimate of drug-likeness (QED) is 0.481. The van der Waals surface area contributed by atoms with E-state index in [0.29, 0.717) is 6.42 Å². The first kappa shape index (κ1) is 16.3. The van der Waals surface area contributed by atoms with E-state index in [1.807, 2.05) is 6.92 Å². The van der Waals surface area contributed by atoms with Gasteiger partial charge >= 0.3 is 12.1 Å². The first-order valence-corrected chi connectivity index (χ1v) is 6.14. The Morgan fingerprint density at radius 3 is 2.29 bits per heavy atom. The van der Waals surface area contributed by atoms with E-state index in [-0.39, 0.29) is 13.0 Å². The zero-order chi connectivity index (χ0) is 13.3. The number of alkyl halides is 3. The standard InChI is InChI=1S/C12H21F3O2/c1-3-5-6-7-8-10(9-12(13,14)15)11(16)17-4-2/h10H,3-9H2,1-2H3. The van der Waals surface area contributed by atoms with Crippen molar-refractivity contribution in [3.05, 3.63) is 0 Å². The summed E-state index contributed by atoms with van der Waals surface area (Å²) < 4.78 is 41.5. The molecule has 0 aromatic carbocycles. The molecule has 0 aromatic rings. The van der Waals surface area contributed by atoms with Crippen molar-refractivity contribution in [2.45, 2.75) is 58.5 Å². The molecule has 0 fully saturated rings. The highest BCUT2D eigenvalue weighted by Gasteiger charge is 2.35. The van der Waals surface area contributed by atoms with Crippen LogP contribution < -0.4 is 0 Å². The molecule has 0 radical (unpaired) electrons. The van der Waals surface area contributed by atoms with Crippen LogP contribution in [0, 0.1) is 5.92 Å². The van der Waals surface area contributed by atoms with Gasteiger partial charge < -0.3 is 4.74 Å². The van der Waals surface area contributed by atoms with Crippen LogP contribution in [0.4, 0.5) is 13.2 Å². The first-order chi connectivity index (χ1) is 7.90. The van der Waals surface area contributed by atoms with Crippen LogP contribution in [-0.4, -0.2) is 18.8 Å². The Kier molecular flexibility index (Phi) is 8.00. The van der Waals surface area contributed by atoms with E-state index in [4.69, 9.17) is 0 Å². The Labute approximate surface area is 101 Å². The van der Waals surface area contributed by atoms with Crippen molar-refractivity contribution in [3.8, 4) is 0 Å². The average Bonchev–Trinajstić information content (AvgIpc) is 2.21. The van der Waals surface area contributed by atoms with Gasteiger partial charge in [0.05, 0.1) is 18.9 Å². The molecule has 17 heavy (non-hydrogen) atoms. The van der Waals surface area contributed by atoms with E-state index in [1.54, 1.807) is 6.92 Å². The van der Waals surface area contributed by atoms with Crippen molar-refractivity contribution in [1.82, 2.24) is 0 Å². The molecule has 0 spiro atoms. The summed E-state index contributed by atoms with van der Waals surface area (Å²) in [6.07, 6.45) is -1.60. The van der Waals surface area contributed by atoms with Gasteiger partial charge in [-0.2, -0.15) is 13.2 Å². The second-order valence-electron chi connectivity index (χ2n) is 4.12. The fraction of sp³-hybridized carbons (Fsp3) is 0.917. The molecule has 0 aliphatic carbocycles.